The van der Waals surface area contributed by atoms with Gasteiger partial charge in [-0.3, -0.25) is 4.99 Å². The molecule has 3 aromatic rings. The first kappa shape index (κ1) is 22.1. The van der Waals surface area contributed by atoms with E-state index in [-0.39, 0.29) is 0 Å². The number of benzene rings is 2. The molecule has 4 heteroatoms. The average molecular weight is 485 g/mol. The van der Waals surface area contributed by atoms with Gasteiger partial charge in [-0.1, -0.05) is 60.0 Å². The minimum absolute atomic E-state index is 0.537. The molecule has 4 aliphatic rings. The first-order valence-electron chi connectivity index (χ1n) is 12.5. The maximum Gasteiger partial charge on any atom is 0.129 e. The number of aromatic nitrogens is 1. The van der Waals surface area contributed by atoms with Gasteiger partial charge in [-0.25, -0.2) is 4.98 Å². The zero-order valence-corrected chi connectivity index (χ0v) is 20.9. The molecule has 0 spiro atoms. The predicted molar refractivity (Wildman–Crippen MR) is 148 cm³/mol. The van der Waals surface area contributed by atoms with Crippen LogP contribution in [0.4, 0.5) is 0 Å². The van der Waals surface area contributed by atoms with Crippen molar-refractivity contribution in [3.8, 4) is 11.1 Å². The summed E-state index contributed by atoms with van der Waals surface area (Å²) < 4.78 is 0. The molecule has 1 atom stereocenters. The van der Waals surface area contributed by atoms with Crippen molar-refractivity contribution in [1.29, 1.82) is 0 Å². The molecule has 1 aliphatic heterocycles. The molecule has 1 fully saturated rings. The summed E-state index contributed by atoms with van der Waals surface area (Å²) in [4.78, 5) is 8.17. The predicted octanol–water partition coefficient (Wildman–Crippen LogP) is 8.39. The van der Waals surface area contributed by atoms with E-state index < -0.39 is 0 Å². The van der Waals surface area contributed by atoms with Gasteiger partial charge in [-0.15, -0.1) is 11.8 Å². The van der Waals surface area contributed by atoms with Crippen LogP contribution in [0, 0.1) is 11.8 Å². The molecule has 0 saturated heterocycles. The largest absolute Gasteiger partial charge is 0.285 e. The zero-order valence-electron chi connectivity index (χ0n) is 19.3. The van der Waals surface area contributed by atoms with Crippen molar-refractivity contribution in [1.82, 2.24) is 4.98 Å². The van der Waals surface area contributed by atoms with Gasteiger partial charge < -0.3 is 0 Å². The van der Waals surface area contributed by atoms with Gasteiger partial charge in [0.05, 0.1) is 5.55 Å². The number of fused-ring (bicyclic) bond motifs is 4. The Labute approximate surface area is 211 Å². The summed E-state index contributed by atoms with van der Waals surface area (Å²) in [5.74, 6) is 2.84. The topological polar surface area (TPSA) is 25.2 Å². The molecular formula is C30H29ClN2S. The molecule has 1 saturated carbocycles. The second-order valence-corrected chi connectivity index (χ2v) is 11.0. The lowest BCUT2D eigenvalue weighted by Crippen LogP contribution is -2.29. The molecule has 0 radical (unpaired) electrons. The summed E-state index contributed by atoms with van der Waals surface area (Å²) in [7, 11) is 0. The molecule has 34 heavy (non-hydrogen) atoms. The number of rotatable bonds is 2. The van der Waals surface area contributed by atoms with Gasteiger partial charge >= 0.3 is 0 Å². The standard InChI is InChI=1S/C27H24ClN.C3H5NS/c28-27-13-10-20(16-29-27)18-8-11-21-19(14-18)9-12-24-22-6-1-2-7-23(22)25(15-26(21)24)17-4-3-5-17;1-2-5-3-4-1/h1,6,8-14,16-17,25H,2-5,7,15H2;3H,1-2H2. The quantitative estimate of drug-likeness (QED) is 0.341. The van der Waals surface area contributed by atoms with Gasteiger partial charge in [0.25, 0.3) is 0 Å². The summed E-state index contributed by atoms with van der Waals surface area (Å²) in [6.07, 6.45) is 14.6. The number of pyridine rings is 1. The van der Waals surface area contributed by atoms with Gasteiger partial charge in [0, 0.05) is 24.1 Å². The maximum atomic E-state index is 5.96. The van der Waals surface area contributed by atoms with Gasteiger partial charge in [-0.05, 0) is 95.2 Å². The third-order valence-electron chi connectivity index (χ3n) is 7.77. The number of halogens is 1. The van der Waals surface area contributed by atoms with E-state index in [0.717, 1.165) is 23.9 Å². The Morgan fingerprint density at radius 2 is 1.91 bits per heavy atom. The lowest BCUT2D eigenvalue weighted by atomic mass is 9.64. The SMILES string of the molecule is C1=NCCS1.Clc1ccc(-c2ccc3c4c(ccc3c2)C2=C(CCC=C2)C(C2CCC2)C4)cn1. The highest BCUT2D eigenvalue weighted by Gasteiger charge is 2.35. The minimum Gasteiger partial charge on any atom is -0.285 e. The van der Waals surface area contributed by atoms with Crippen molar-refractivity contribution in [3.63, 3.8) is 0 Å². The first-order valence-corrected chi connectivity index (χ1v) is 13.9. The third kappa shape index (κ3) is 4.25. The Hall–Kier alpha value is -2.36. The molecular weight excluding hydrogens is 456 g/mol. The second kappa shape index (κ2) is 9.71. The normalized spacial score (nSPS) is 21.0. The van der Waals surface area contributed by atoms with Crippen LogP contribution in [-0.2, 0) is 6.42 Å². The van der Waals surface area contributed by atoms with Gasteiger partial charge in [-0.2, -0.15) is 0 Å². The highest BCUT2D eigenvalue weighted by molar-refractivity contribution is 8.12. The molecule has 172 valence electrons. The van der Waals surface area contributed by atoms with Crippen LogP contribution in [0.2, 0.25) is 5.15 Å². The van der Waals surface area contributed by atoms with Crippen LogP contribution in [0.5, 0.6) is 0 Å². The lowest BCUT2D eigenvalue weighted by Gasteiger charge is -2.40. The van der Waals surface area contributed by atoms with Crippen molar-refractivity contribution in [2.45, 2.75) is 38.5 Å². The number of aliphatic imine (C=N–C) groups is 1. The molecule has 2 aromatic carbocycles. The van der Waals surface area contributed by atoms with Crippen molar-refractivity contribution in [2.24, 2.45) is 16.8 Å². The molecule has 1 aromatic heterocycles. The fourth-order valence-corrected chi connectivity index (χ4v) is 6.46. The molecule has 0 bridgehead atoms. The number of hydrogen-bond donors (Lipinski definition) is 0. The van der Waals surface area contributed by atoms with E-state index in [1.807, 2.05) is 23.9 Å². The van der Waals surface area contributed by atoms with Crippen LogP contribution >= 0.6 is 23.4 Å². The van der Waals surface area contributed by atoms with E-state index in [1.54, 1.807) is 22.9 Å². The van der Waals surface area contributed by atoms with Crippen molar-refractivity contribution in [2.75, 3.05) is 12.3 Å². The van der Waals surface area contributed by atoms with Crippen LogP contribution in [0.3, 0.4) is 0 Å². The Balaban J connectivity index is 0.000000388. The number of nitrogens with zero attached hydrogens (tertiary/aromatic N) is 2. The number of allylic oxidation sites excluding steroid dienone is 4. The molecule has 0 amide bonds. The molecule has 2 nitrogen and oxygen atoms in total. The fraction of sp³-hybridized carbons (Fsp3) is 0.333. The second-order valence-electron chi connectivity index (χ2n) is 9.66. The summed E-state index contributed by atoms with van der Waals surface area (Å²) in [5, 5.41) is 3.28. The van der Waals surface area contributed by atoms with Gasteiger partial charge in [0.1, 0.15) is 5.15 Å². The van der Waals surface area contributed by atoms with E-state index in [2.05, 4.69) is 52.5 Å². The minimum atomic E-state index is 0.537. The smallest absolute Gasteiger partial charge is 0.129 e. The Morgan fingerprint density at radius 1 is 1.00 bits per heavy atom. The van der Waals surface area contributed by atoms with Crippen LogP contribution in [0.25, 0.3) is 27.5 Å². The van der Waals surface area contributed by atoms with E-state index in [4.69, 9.17) is 11.6 Å². The summed E-state index contributed by atoms with van der Waals surface area (Å²) in [5.41, 5.74) is 10.5. The van der Waals surface area contributed by atoms with Crippen LogP contribution in [0.1, 0.15) is 43.2 Å². The Morgan fingerprint density at radius 3 is 2.62 bits per heavy atom. The molecule has 1 unspecified atom stereocenters. The first-order chi connectivity index (χ1) is 16.8. The zero-order chi connectivity index (χ0) is 22.9. The van der Waals surface area contributed by atoms with Crippen molar-refractivity contribution >= 4 is 45.3 Å². The third-order valence-corrected chi connectivity index (χ3v) is 8.71. The molecule has 7 rings (SSSR count). The van der Waals surface area contributed by atoms with Crippen LogP contribution in [-0.4, -0.2) is 22.8 Å². The molecule has 2 heterocycles. The summed E-state index contributed by atoms with van der Waals surface area (Å²) >= 11 is 7.75. The van der Waals surface area contributed by atoms with Crippen molar-refractivity contribution < 1.29 is 0 Å². The Kier molecular flexibility index (Phi) is 6.32. The van der Waals surface area contributed by atoms with Crippen LogP contribution in [0.15, 0.2) is 71.4 Å². The monoisotopic (exact) mass is 484 g/mol. The van der Waals surface area contributed by atoms with E-state index in [1.165, 1.54) is 71.8 Å². The highest BCUT2D eigenvalue weighted by atomic mass is 35.5. The lowest BCUT2D eigenvalue weighted by molar-refractivity contribution is 0.227. The van der Waals surface area contributed by atoms with E-state index >= 15 is 0 Å². The van der Waals surface area contributed by atoms with E-state index in [9.17, 15) is 0 Å². The summed E-state index contributed by atoms with van der Waals surface area (Å²) in [6, 6.07) is 15.5. The van der Waals surface area contributed by atoms with Gasteiger partial charge in [0.15, 0.2) is 0 Å². The van der Waals surface area contributed by atoms with E-state index in [0.29, 0.717) is 5.15 Å². The maximum absolute atomic E-state index is 5.96. The molecule has 0 N–H and O–H groups in total. The molecule has 3 aliphatic carbocycles. The van der Waals surface area contributed by atoms with Crippen molar-refractivity contribution in [3.05, 3.63) is 82.7 Å². The fourth-order valence-electron chi connectivity index (χ4n) is 5.82. The van der Waals surface area contributed by atoms with Gasteiger partial charge in [0.2, 0.25) is 0 Å². The average Bonchev–Trinajstić information content (AvgIpc) is 3.43. The number of hydrogen-bond acceptors (Lipinski definition) is 3. The van der Waals surface area contributed by atoms with Crippen LogP contribution < -0.4 is 0 Å². The summed E-state index contributed by atoms with van der Waals surface area (Å²) in [6.45, 7) is 1.03. The highest BCUT2D eigenvalue weighted by Crippen LogP contribution is 2.49. The number of thioether (sulfide) groups is 1. The Bertz CT molecular complexity index is 1300.